The van der Waals surface area contributed by atoms with Gasteiger partial charge in [-0.05, 0) is 44.3 Å². The smallest absolute Gasteiger partial charge is 0.259 e. The number of likely N-dealkylation sites (N-methyl/N-ethyl adjacent to an activating group) is 1. The Labute approximate surface area is 191 Å². The van der Waals surface area contributed by atoms with Crippen molar-refractivity contribution in [2.45, 2.75) is 6.92 Å². The first kappa shape index (κ1) is 22.5. The molecule has 8 nitrogen and oxygen atoms in total. The molecule has 4 rings (SSSR count). The van der Waals surface area contributed by atoms with E-state index in [2.05, 4.69) is 15.3 Å². The summed E-state index contributed by atoms with van der Waals surface area (Å²) in [7, 11) is 3.52. The molecule has 2 heterocycles. The number of aromatic nitrogens is 2. The second-order valence-corrected chi connectivity index (χ2v) is 7.97. The normalized spacial score (nSPS) is 14.2. The summed E-state index contributed by atoms with van der Waals surface area (Å²) < 4.78 is 21.0. The lowest BCUT2D eigenvalue weighted by Crippen LogP contribution is -2.47. The quantitative estimate of drug-likeness (QED) is 0.645. The minimum atomic E-state index is -0.438. The summed E-state index contributed by atoms with van der Waals surface area (Å²) >= 11 is 0. The number of nitrogens with zero attached hydrogens (tertiary/aromatic N) is 4. The van der Waals surface area contributed by atoms with Crippen LogP contribution in [0.2, 0.25) is 0 Å². The van der Waals surface area contributed by atoms with Crippen LogP contribution in [0.3, 0.4) is 0 Å². The molecular formula is C24H26FN5O3. The zero-order valence-electron chi connectivity index (χ0n) is 18.8. The van der Waals surface area contributed by atoms with Gasteiger partial charge < -0.3 is 19.9 Å². The third kappa shape index (κ3) is 4.58. The fraction of sp³-hybridized carbons (Fsp3) is 0.292. The molecule has 3 aromatic rings. The number of para-hydroxylation sites is 1. The van der Waals surface area contributed by atoms with Crippen LogP contribution in [0.25, 0.3) is 5.69 Å². The van der Waals surface area contributed by atoms with E-state index in [4.69, 9.17) is 4.74 Å². The van der Waals surface area contributed by atoms with Crippen molar-refractivity contribution in [1.82, 2.24) is 19.6 Å². The second kappa shape index (κ2) is 9.41. The third-order valence-electron chi connectivity index (χ3n) is 5.82. The number of carbonyl (C=O) groups excluding carboxylic acids is 2. The van der Waals surface area contributed by atoms with Crippen LogP contribution in [0.1, 0.15) is 26.4 Å². The number of halogens is 1. The highest BCUT2D eigenvalue weighted by Crippen LogP contribution is 2.27. The van der Waals surface area contributed by atoms with Crippen LogP contribution in [0, 0.1) is 12.7 Å². The number of benzene rings is 2. The zero-order valence-corrected chi connectivity index (χ0v) is 18.8. The number of anilines is 1. The SMILES string of the molecule is COc1ccc(C(=O)N2CCN(C)CC2)cc1NC(=O)c1cnn(-c2ccccc2F)c1C. The molecule has 1 N–H and O–H groups in total. The molecule has 1 aliphatic rings. The largest absolute Gasteiger partial charge is 0.495 e. The van der Waals surface area contributed by atoms with Crippen molar-refractivity contribution in [3.05, 3.63) is 71.3 Å². The van der Waals surface area contributed by atoms with E-state index in [9.17, 15) is 14.0 Å². The summed E-state index contributed by atoms with van der Waals surface area (Å²) in [4.78, 5) is 30.0. The van der Waals surface area contributed by atoms with Gasteiger partial charge in [0.2, 0.25) is 0 Å². The van der Waals surface area contributed by atoms with Gasteiger partial charge in [0.25, 0.3) is 11.8 Å². The van der Waals surface area contributed by atoms with Gasteiger partial charge in [-0.1, -0.05) is 12.1 Å². The van der Waals surface area contributed by atoms with E-state index in [0.717, 1.165) is 13.1 Å². The van der Waals surface area contributed by atoms with Crippen LogP contribution < -0.4 is 10.1 Å². The molecule has 2 aromatic carbocycles. The number of nitrogens with one attached hydrogen (secondary N) is 1. The molecule has 0 saturated carbocycles. The predicted molar refractivity (Wildman–Crippen MR) is 123 cm³/mol. The van der Waals surface area contributed by atoms with Gasteiger partial charge in [0.1, 0.15) is 17.3 Å². The first-order valence-corrected chi connectivity index (χ1v) is 10.7. The summed E-state index contributed by atoms with van der Waals surface area (Å²) in [6, 6.07) is 11.2. The number of amides is 2. The maximum atomic E-state index is 14.2. The first-order valence-electron chi connectivity index (χ1n) is 10.7. The summed E-state index contributed by atoms with van der Waals surface area (Å²) in [5.74, 6) is -0.535. The second-order valence-electron chi connectivity index (χ2n) is 7.97. The molecule has 0 unspecified atom stereocenters. The van der Waals surface area contributed by atoms with E-state index >= 15 is 0 Å². The summed E-state index contributed by atoms with van der Waals surface area (Å²) in [6.07, 6.45) is 1.39. The summed E-state index contributed by atoms with van der Waals surface area (Å²) in [6.45, 7) is 4.63. The highest BCUT2D eigenvalue weighted by molar-refractivity contribution is 6.06. The third-order valence-corrected chi connectivity index (χ3v) is 5.82. The van der Waals surface area contributed by atoms with Gasteiger partial charge in [-0.25, -0.2) is 9.07 Å². The minimum Gasteiger partial charge on any atom is -0.495 e. The molecule has 0 bridgehead atoms. The van der Waals surface area contributed by atoms with Crippen LogP contribution in [0.15, 0.2) is 48.7 Å². The molecule has 0 atom stereocenters. The molecule has 172 valence electrons. The number of ether oxygens (including phenoxy) is 1. The average Bonchev–Trinajstić information content (AvgIpc) is 3.20. The fourth-order valence-electron chi connectivity index (χ4n) is 3.82. The van der Waals surface area contributed by atoms with Gasteiger partial charge in [-0.2, -0.15) is 5.10 Å². The Morgan fingerprint density at radius 2 is 1.82 bits per heavy atom. The molecule has 9 heteroatoms. The Morgan fingerprint density at radius 1 is 1.09 bits per heavy atom. The molecule has 1 aliphatic heterocycles. The van der Waals surface area contributed by atoms with Crippen LogP contribution in [0.4, 0.5) is 10.1 Å². The molecule has 0 spiro atoms. The van der Waals surface area contributed by atoms with Crippen molar-refractivity contribution in [1.29, 1.82) is 0 Å². The van der Waals surface area contributed by atoms with Crippen molar-refractivity contribution < 1.29 is 18.7 Å². The molecule has 2 amide bonds. The standard InChI is InChI=1S/C24H26FN5O3/c1-16-18(15-26-30(16)21-7-5-4-6-19(21)25)23(31)27-20-14-17(8-9-22(20)33-3)24(32)29-12-10-28(2)11-13-29/h4-9,14-15H,10-13H2,1-3H3,(H,27,31). The number of hydrogen-bond acceptors (Lipinski definition) is 5. The first-order chi connectivity index (χ1) is 15.9. The molecule has 0 aliphatic carbocycles. The summed E-state index contributed by atoms with van der Waals surface area (Å²) in [5, 5.41) is 7.00. The van der Waals surface area contributed by atoms with Gasteiger partial charge in [-0.15, -0.1) is 0 Å². The van der Waals surface area contributed by atoms with Crippen molar-refractivity contribution in [3.8, 4) is 11.4 Å². The van der Waals surface area contributed by atoms with Crippen LogP contribution in [-0.2, 0) is 0 Å². The number of piperazine rings is 1. The Kier molecular flexibility index (Phi) is 6.41. The Bertz CT molecular complexity index is 1180. The predicted octanol–water partition coefficient (Wildman–Crippen LogP) is 2.97. The van der Waals surface area contributed by atoms with Crippen LogP contribution in [-0.4, -0.2) is 71.7 Å². The Balaban J connectivity index is 1.57. The maximum Gasteiger partial charge on any atom is 0.259 e. The van der Waals surface area contributed by atoms with E-state index < -0.39 is 11.7 Å². The molecule has 1 fully saturated rings. The lowest BCUT2D eigenvalue weighted by atomic mass is 10.1. The molecule has 1 saturated heterocycles. The highest BCUT2D eigenvalue weighted by Gasteiger charge is 2.23. The van der Waals surface area contributed by atoms with Crippen molar-refractivity contribution in [3.63, 3.8) is 0 Å². The van der Waals surface area contributed by atoms with E-state index in [1.54, 1.807) is 48.2 Å². The van der Waals surface area contributed by atoms with E-state index in [-0.39, 0.29) is 17.2 Å². The molecule has 0 radical (unpaired) electrons. The average molecular weight is 452 g/mol. The zero-order chi connectivity index (χ0) is 23.5. The monoisotopic (exact) mass is 451 g/mol. The Morgan fingerprint density at radius 3 is 2.52 bits per heavy atom. The number of methoxy groups -OCH3 is 1. The van der Waals surface area contributed by atoms with Crippen LogP contribution >= 0.6 is 0 Å². The lowest BCUT2D eigenvalue weighted by Gasteiger charge is -2.32. The molecular weight excluding hydrogens is 425 g/mol. The topological polar surface area (TPSA) is 79.7 Å². The van der Waals surface area contributed by atoms with Gasteiger partial charge >= 0.3 is 0 Å². The number of rotatable bonds is 5. The molecule has 33 heavy (non-hydrogen) atoms. The van der Waals surface area contributed by atoms with Crippen molar-refractivity contribution in [2.24, 2.45) is 0 Å². The van der Waals surface area contributed by atoms with Crippen molar-refractivity contribution in [2.75, 3.05) is 45.7 Å². The van der Waals surface area contributed by atoms with Crippen molar-refractivity contribution >= 4 is 17.5 Å². The van der Waals surface area contributed by atoms with E-state index in [1.807, 2.05) is 7.05 Å². The lowest BCUT2D eigenvalue weighted by molar-refractivity contribution is 0.0664. The minimum absolute atomic E-state index is 0.0928. The van der Waals surface area contributed by atoms with E-state index in [1.165, 1.54) is 24.1 Å². The van der Waals surface area contributed by atoms with Gasteiger partial charge in [0.05, 0.1) is 30.3 Å². The fourth-order valence-corrected chi connectivity index (χ4v) is 3.82. The number of carbonyl (C=O) groups is 2. The van der Waals surface area contributed by atoms with Gasteiger partial charge in [0, 0.05) is 31.7 Å². The van der Waals surface area contributed by atoms with Gasteiger partial charge in [0.15, 0.2) is 0 Å². The van der Waals surface area contributed by atoms with Crippen LogP contribution in [0.5, 0.6) is 5.75 Å². The number of hydrogen-bond donors (Lipinski definition) is 1. The molecule has 1 aromatic heterocycles. The maximum absolute atomic E-state index is 14.2. The Hall–Kier alpha value is -3.72. The van der Waals surface area contributed by atoms with Gasteiger partial charge in [-0.3, -0.25) is 9.59 Å². The highest BCUT2D eigenvalue weighted by atomic mass is 19.1. The van der Waals surface area contributed by atoms with E-state index in [0.29, 0.717) is 35.8 Å². The summed E-state index contributed by atoms with van der Waals surface area (Å²) in [5.41, 5.74) is 1.87.